The quantitative estimate of drug-likeness (QED) is 0.173. The van der Waals surface area contributed by atoms with Gasteiger partial charge in [-0.1, -0.05) is 18.2 Å². The molecule has 2 unspecified atom stereocenters. The molecule has 5 heterocycles. The van der Waals surface area contributed by atoms with Crippen molar-refractivity contribution >= 4 is 28.8 Å². The summed E-state index contributed by atoms with van der Waals surface area (Å²) in [5.41, 5.74) is 7.58. The molecule has 238 valence electrons. The summed E-state index contributed by atoms with van der Waals surface area (Å²) in [4.78, 5) is 34.0. The van der Waals surface area contributed by atoms with E-state index in [1.54, 1.807) is 7.11 Å². The van der Waals surface area contributed by atoms with E-state index in [2.05, 4.69) is 58.1 Å². The minimum absolute atomic E-state index is 0.206. The number of rotatable bonds is 7. The molecule has 14 heteroatoms. The van der Waals surface area contributed by atoms with Gasteiger partial charge in [-0.2, -0.15) is 5.10 Å². The number of aliphatic hydroxyl groups excluding tert-OH is 3. The number of aliphatic carboxylic acids is 2. The fourth-order valence-electron chi connectivity index (χ4n) is 5.69. The van der Waals surface area contributed by atoms with Crippen molar-refractivity contribution in [3.63, 3.8) is 0 Å². The standard InChI is InChI=1S/C27H30N6O2.C4H6O6/c1-16-5-4-6-21(17(16)2)26-23(35-3)12-22-27(29-26)25(31-30-22)18-7-8-24(28-13-18)33-10-9-32-15-20(34)11-19(32)14-33;5-1(3(7)8)2(6)4(9)10/h4-8,12-13,19-20,34H,9-11,14-15H2,1-3H3,(H,30,31);1-2,5-6H,(H,7,8)(H,9,10)/t19-,20+;/m0./s1. The van der Waals surface area contributed by atoms with E-state index < -0.39 is 24.1 Å². The molecule has 6 rings (SSSR count). The molecule has 0 bridgehead atoms. The molecule has 0 saturated carbocycles. The highest BCUT2D eigenvalue weighted by Gasteiger charge is 2.35. The maximum atomic E-state index is 10.00. The molecule has 3 aromatic heterocycles. The van der Waals surface area contributed by atoms with Crippen LogP contribution in [0.5, 0.6) is 5.75 Å². The summed E-state index contributed by atoms with van der Waals surface area (Å²) in [7, 11) is 1.67. The fourth-order valence-corrected chi connectivity index (χ4v) is 5.69. The molecule has 4 atom stereocenters. The molecular formula is C31H36N6O8. The third kappa shape index (κ3) is 6.59. The lowest BCUT2D eigenvalue weighted by atomic mass is 9.99. The van der Waals surface area contributed by atoms with Gasteiger partial charge in [-0.3, -0.25) is 10.00 Å². The molecule has 4 aromatic rings. The number of nitrogens with one attached hydrogen (secondary N) is 1. The summed E-state index contributed by atoms with van der Waals surface area (Å²) in [5.74, 6) is -1.86. The Kier molecular flexibility index (Phi) is 9.29. The second-order valence-corrected chi connectivity index (χ2v) is 11.2. The van der Waals surface area contributed by atoms with Crippen LogP contribution in [0, 0.1) is 13.8 Å². The number of anilines is 1. The Morgan fingerprint density at radius 3 is 2.40 bits per heavy atom. The summed E-state index contributed by atoms with van der Waals surface area (Å²) in [6.07, 6.45) is -2.02. The van der Waals surface area contributed by atoms with Crippen LogP contribution in [0.2, 0.25) is 0 Å². The molecule has 2 saturated heterocycles. The van der Waals surface area contributed by atoms with E-state index in [9.17, 15) is 14.7 Å². The predicted octanol–water partition coefficient (Wildman–Crippen LogP) is 1.44. The number of pyridine rings is 2. The number of aromatic amines is 1. The molecule has 0 radical (unpaired) electrons. The zero-order chi connectivity index (χ0) is 32.4. The molecule has 0 aliphatic carbocycles. The number of carboxylic acids is 2. The van der Waals surface area contributed by atoms with Crippen LogP contribution in [0.15, 0.2) is 42.6 Å². The summed E-state index contributed by atoms with van der Waals surface area (Å²) in [6.45, 7) is 7.79. The molecule has 0 amide bonds. The lowest BCUT2D eigenvalue weighted by molar-refractivity contribution is -0.165. The summed E-state index contributed by atoms with van der Waals surface area (Å²) >= 11 is 0. The zero-order valence-electron chi connectivity index (χ0n) is 25.1. The van der Waals surface area contributed by atoms with E-state index in [-0.39, 0.29) is 6.10 Å². The van der Waals surface area contributed by atoms with Gasteiger partial charge in [0, 0.05) is 55.6 Å². The van der Waals surface area contributed by atoms with Crippen LogP contribution in [0.1, 0.15) is 17.5 Å². The molecule has 0 spiro atoms. The SMILES string of the molecule is COc1cc2[nH]nc(-c3ccc(N4CCN5C[C@H](O)C[C@H]5C4)nc3)c2nc1-c1cccc(C)c1C.O=C(O)C(O)C(O)C(=O)O. The Balaban J connectivity index is 0.000000348. The minimum atomic E-state index is -2.27. The Hall–Kier alpha value is -4.63. The summed E-state index contributed by atoms with van der Waals surface area (Å²) in [5, 5.41) is 50.2. The number of nitrogens with zero attached hydrogens (tertiary/aromatic N) is 5. The Morgan fingerprint density at radius 1 is 1.02 bits per heavy atom. The molecule has 45 heavy (non-hydrogen) atoms. The number of methoxy groups -OCH3 is 1. The topological polar surface area (TPSA) is 205 Å². The highest BCUT2D eigenvalue weighted by molar-refractivity contribution is 5.93. The van der Waals surface area contributed by atoms with Gasteiger partial charge in [0.05, 0.1) is 18.7 Å². The Morgan fingerprint density at radius 2 is 1.76 bits per heavy atom. The zero-order valence-corrected chi connectivity index (χ0v) is 25.1. The number of aromatic nitrogens is 4. The summed E-state index contributed by atoms with van der Waals surface area (Å²) in [6, 6.07) is 12.7. The lowest BCUT2D eigenvalue weighted by Gasteiger charge is -2.37. The number of hydrogen-bond donors (Lipinski definition) is 6. The molecule has 2 aliphatic rings. The van der Waals surface area contributed by atoms with Crippen LogP contribution >= 0.6 is 0 Å². The average molecular weight is 621 g/mol. The monoisotopic (exact) mass is 620 g/mol. The minimum Gasteiger partial charge on any atom is -0.494 e. The molecule has 2 fully saturated rings. The van der Waals surface area contributed by atoms with Crippen molar-refractivity contribution in [2.75, 3.05) is 38.2 Å². The van der Waals surface area contributed by atoms with Gasteiger partial charge in [-0.25, -0.2) is 19.6 Å². The van der Waals surface area contributed by atoms with Crippen molar-refractivity contribution in [1.82, 2.24) is 25.1 Å². The van der Waals surface area contributed by atoms with E-state index >= 15 is 0 Å². The van der Waals surface area contributed by atoms with E-state index in [0.29, 0.717) is 11.8 Å². The number of H-pyrrole nitrogens is 1. The van der Waals surface area contributed by atoms with Gasteiger partial charge in [-0.05, 0) is 43.5 Å². The lowest BCUT2D eigenvalue weighted by Crippen LogP contribution is -2.50. The first-order valence-electron chi connectivity index (χ1n) is 14.4. The van der Waals surface area contributed by atoms with Crippen LogP contribution in [0.25, 0.3) is 33.5 Å². The number of aryl methyl sites for hydroxylation is 1. The predicted molar refractivity (Wildman–Crippen MR) is 164 cm³/mol. The first kappa shape index (κ1) is 31.8. The van der Waals surface area contributed by atoms with Crippen LogP contribution in [-0.2, 0) is 9.59 Å². The maximum Gasteiger partial charge on any atom is 0.335 e. The van der Waals surface area contributed by atoms with Gasteiger partial charge in [0.1, 0.15) is 28.5 Å². The first-order chi connectivity index (χ1) is 21.5. The molecule has 2 aliphatic heterocycles. The average Bonchev–Trinajstić information content (AvgIpc) is 3.62. The second kappa shape index (κ2) is 13.2. The van der Waals surface area contributed by atoms with Crippen molar-refractivity contribution in [3.8, 4) is 28.3 Å². The fraction of sp³-hybridized carbons (Fsp3) is 0.387. The summed E-state index contributed by atoms with van der Waals surface area (Å²) < 4.78 is 5.69. The van der Waals surface area contributed by atoms with Gasteiger partial charge >= 0.3 is 11.9 Å². The van der Waals surface area contributed by atoms with Crippen LogP contribution in [-0.4, -0.2) is 120 Å². The normalized spacial score (nSPS) is 19.4. The van der Waals surface area contributed by atoms with Gasteiger partial charge in [0.25, 0.3) is 0 Å². The third-order valence-electron chi connectivity index (χ3n) is 8.32. The van der Waals surface area contributed by atoms with Gasteiger partial charge < -0.3 is 35.2 Å². The smallest absolute Gasteiger partial charge is 0.335 e. The van der Waals surface area contributed by atoms with Crippen molar-refractivity contribution < 1.29 is 39.9 Å². The van der Waals surface area contributed by atoms with E-state index in [4.69, 9.17) is 35.1 Å². The highest BCUT2D eigenvalue weighted by Crippen LogP contribution is 2.36. The van der Waals surface area contributed by atoms with Crippen LogP contribution in [0.3, 0.4) is 0 Å². The van der Waals surface area contributed by atoms with Crippen molar-refractivity contribution in [2.24, 2.45) is 0 Å². The number of fused-ring (bicyclic) bond motifs is 2. The number of aliphatic hydroxyl groups is 3. The Bertz CT molecular complexity index is 1680. The van der Waals surface area contributed by atoms with Crippen LogP contribution in [0.4, 0.5) is 5.82 Å². The third-order valence-corrected chi connectivity index (χ3v) is 8.32. The number of ether oxygens (including phenoxy) is 1. The number of hydrogen-bond acceptors (Lipinski definition) is 11. The van der Waals surface area contributed by atoms with E-state index in [1.807, 2.05) is 18.3 Å². The van der Waals surface area contributed by atoms with Crippen molar-refractivity contribution in [1.29, 1.82) is 0 Å². The number of benzene rings is 1. The molecule has 1 aromatic carbocycles. The largest absolute Gasteiger partial charge is 0.494 e. The second-order valence-electron chi connectivity index (χ2n) is 11.2. The first-order valence-corrected chi connectivity index (χ1v) is 14.4. The van der Waals surface area contributed by atoms with Gasteiger partial charge in [-0.15, -0.1) is 0 Å². The van der Waals surface area contributed by atoms with E-state index in [1.165, 1.54) is 11.1 Å². The Labute approximate surface area is 258 Å². The van der Waals surface area contributed by atoms with Crippen molar-refractivity contribution in [2.45, 2.75) is 44.6 Å². The number of carboxylic acid groups (broad SMARTS) is 2. The molecule has 14 nitrogen and oxygen atoms in total. The number of piperazine rings is 1. The molecular weight excluding hydrogens is 584 g/mol. The van der Waals surface area contributed by atoms with Crippen molar-refractivity contribution in [3.05, 3.63) is 53.7 Å². The van der Waals surface area contributed by atoms with Crippen LogP contribution < -0.4 is 9.64 Å². The molecule has 6 N–H and O–H groups in total. The van der Waals surface area contributed by atoms with E-state index in [0.717, 1.165) is 72.0 Å². The number of carbonyl (C=O) groups is 2. The van der Waals surface area contributed by atoms with Gasteiger partial charge in [0.2, 0.25) is 0 Å². The van der Waals surface area contributed by atoms with Gasteiger partial charge in [0.15, 0.2) is 12.2 Å². The highest BCUT2D eigenvalue weighted by atomic mass is 16.5. The maximum absolute atomic E-state index is 10.00.